The van der Waals surface area contributed by atoms with E-state index in [0.717, 1.165) is 24.8 Å². The quantitative estimate of drug-likeness (QED) is 0.379. The second-order valence-electron chi connectivity index (χ2n) is 9.08. The highest BCUT2D eigenvalue weighted by Crippen LogP contribution is 2.35. The van der Waals surface area contributed by atoms with Gasteiger partial charge in [-0.3, -0.25) is 4.79 Å². The summed E-state index contributed by atoms with van der Waals surface area (Å²) in [5.74, 6) is 0.912. The topological polar surface area (TPSA) is 35.5 Å². The molecule has 3 heteroatoms. The minimum atomic E-state index is -0.318. The first-order chi connectivity index (χ1) is 10.9. The van der Waals surface area contributed by atoms with E-state index in [-0.39, 0.29) is 11.4 Å². The van der Waals surface area contributed by atoms with Gasteiger partial charge in [-0.05, 0) is 54.2 Å². The van der Waals surface area contributed by atoms with Gasteiger partial charge in [0, 0.05) is 6.92 Å². The zero-order valence-electron chi connectivity index (χ0n) is 16.7. The Kier molecular flexibility index (Phi) is 6.88. The van der Waals surface area contributed by atoms with Crippen LogP contribution in [0.25, 0.3) is 0 Å². The molecule has 0 unspecified atom stereocenters. The van der Waals surface area contributed by atoms with Gasteiger partial charge in [0.15, 0.2) is 11.5 Å². The van der Waals surface area contributed by atoms with Crippen molar-refractivity contribution in [3.63, 3.8) is 0 Å². The monoisotopic (exact) mass is 334 g/mol. The molecule has 0 aromatic heterocycles. The predicted octanol–water partition coefficient (Wildman–Crippen LogP) is 5.71. The molecule has 0 spiro atoms. The summed E-state index contributed by atoms with van der Waals surface area (Å²) in [4.78, 5) is 11.4. The van der Waals surface area contributed by atoms with Crippen LogP contribution in [0.2, 0.25) is 0 Å². The molecule has 3 nitrogen and oxygen atoms in total. The predicted molar refractivity (Wildman–Crippen MR) is 99.8 cm³/mol. The molecule has 0 aliphatic rings. The summed E-state index contributed by atoms with van der Waals surface area (Å²) in [6.07, 6.45) is 3.02. The van der Waals surface area contributed by atoms with Gasteiger partial charge < -0.3 is 9.47 Å². The van der Waals surface area contributed by atoms with Crippen molar-refractivity contribution < 1.29 is 14.3 Å². The fourth-order valence-corrected chi connectivity index (χ4v) is 2.69. The van der Waals surface area contributed by atoms with Crippen LogP contribution in [-0.2, 0) is 11.2 Å². The molecule has 0 aliphatic carbocycles. The van der Waals surface area contributed by atoms with Gasteiger partial charge in [-0.1, -0.05) is 47.6 Å². The first-order valence-corrected chi connectivity index (χ1v) is 8.82. The standard InChI is InChI=1S/C21H34O3/c1-15-12-17(14-21(6,7)8)13-18(19(15)24-16(2)22)23-11-9-10-20(3,4)5/h12-13H,9-11,14H2,1-8H3. The van der Waals surface area contributed by atoms with Crippen molar-refractivity contribution in [3.8, 4) is 11.5 Å². The summed E-state index contributed by atoms with van der Waals surface area (Å²) < 4.78 is 11.4. The number of ether oxygens (including phenoxy) is 2. The van der Waals surface area contributed by atoms with E-state index in [9.17, 15) is 4.79 Å². The first-order valence-electron chi connectivity index (χ1n) is 8.82. The van der Waals surface area contributed by atoms with E-state index in [1.807, 2.05) is 13.0 Å². The van der Waals surface area contributed by atoms with E-state index < -0.39 is 0 Å². The van der Waals surface area contributed by atoms with E-state index in [1.165, 1.54) is 12.5 Å². The molecule has 1 aromatic carbocycles. The average molecular weight is 335 g/mol. The van der Waals surface area contributed by atoms with Gasteiger partial charge in [0.05, 0.1) is 6.61 Å². The van der Waals surface area contributed by atoms with Crippen LogP contribution in [-0.4, -0.2) is 12.6 Å². The van der Waals surface area contributed by atoms with E-state index >= 15 is 0 Å². The maximum atomic E-state index is 11.4. The highest BCUT2D eigenvalue weighted by Gasteiger charge is 2.18. The van der Waals surface area contributed by atoms with Crippen molar-refractivity contribution >= 4 is 5.97 Å². The molecule has 24 heavy (non-hydrogen) atoms. The van der Waals surface area contributed by atoms with Gasteiger partial charge in [-0.15, -0.1) is 0 Å². The third-order valence-electron chi connectivity index (χ3n) is 3.61. The van der Waals surface area contributed by atoms with Gasteiger partial charge in [0.25, 0.3) is 0 Å². The van der Waals surface area contributed by atoms with Crippen molar-refractivity contribution in [1.29, 1.82) is 0 Å². The van der Waals surface area contributed by atoms with Crippen molar-refractivity contribution in [2.45, 2.75) is 74.7 Å². The lowest BCUT2D eigenvalue weighted by Crippen LogP contribution is -2.12. The fraction of sp³-hybridized carbons (Fsp3) is 0.667. The number of hydrogen-bond acceptors (Lipinski definition) is 3. The van der Waals surface area contributed by atoms with Crippen molar-refractivity contribution in [1.82, 2.24) is 0 Å². The summed E-state index contributed by atoms with van der Waals surface area (Å²) in [5, 5.41) is 0. The van der Waals surface area contributed by atoms with Crippen LogP contribution in [0.15, 0.2) is 12.1 Å². The normalized spacial score (nSPS) is 12.2. The Bertz CT molecular complexity index is 560. The first kappa shape index (κ1) is 20.5. The molecule has 0 heterocycles. The Labute approximate surface area is 147 Å². The maximum Gasteiger partial charge on any atom is 0.308 e. The van der Waals surface area contributed by atoms with Gasteiger partial charge in [-0.2, -0.15) is 0 Å². The maximum absolute atomic E-state index is 11.4. The summed E-state index contributed by atoms with van der Waals surface area (Å²) in [5.41, 5.74) is 2.64. The molecule has 136 valence electrons. The Balaban J connectivity index is 2.96. The van der Waals surface area contributed by atoms with Crippen LogP contribution in [0.3, 0.4) is 0 Å². The lowest BCUT2D eigenvalue weighted by molar-refractivity contribution is -0.132. The molecule has 0 N–H and O–H groups in total. The Morgan fingerprint density at radius 2 is 1.67 bits per heavy atom. The molecule has 0 fully saturated rings. The third-order valence-corrected chi connectivity index (χ3v) is 3.61. The fourth-order valence-electron chi connectivity index (χ4n) is 2.69. The molecule has 1 rings (SSSR count). The van der Waals surface area contributed by atoms with Crippen molar-refractivity contribution in [3.05, 3.63) is 23.3 Å². The van der Waals surface area contributed by atoms with Crippen LogP contribution in [0.5, 0.6) is 11.5 Å². The Morgan fingerprint density at radius 3 is 2.17 bits per heavy atom. The van der Waals surface area contributed by atoms with Crippen molar-refractivity contribution in [2.75, 3.05) is 6.61 Å². The molecule has 0 saturated heterocycles. The Morgan fingerprint density at radius 1 is 1.04 bits per heavy atom. The molecular weight excluding hydrogens is 300 g/mol. The Hall–Kier alpha value is -1.51. The number of carbonyl (C=O) groups excluding carboxylic acids is 1. The highest BCUT2D eigenvalue weighted by molar-refractivity contribution is 5.71. The molecule has 0 amide bonds. The zero-order chi connectivity index (χ0) is 18.5. The number of aryl methyl sites for hydroxylation is 1. The number of carbonyl (C=O) groups is 1. The summed E-state index contributed by atoms with van der Waals surface area (Å²) >= 11 is 0. The molecule has 0 radical (unpaired) electrons. The lowest BCUT2D eigenvalue weighted by Gasteiger charge is -2.21. The van der Waals surface area contributed by atoms with Gasteiger partial charge in [0.1, 0.15) is 0 Å². The minimum absolute atomic E-state index is 0.193. The number of hydrogen-bond donors (Lipinski definition) is 0. The molecule has 0 bridgehead atoms. The average Bonchev–Trinajstić information content (AvgIpc) is 2.35. The van der Waals surface area contributed by atoms with Gasteiger partial charge >= 0.3 is 5.97 Å². The van der Waals surface area contributed by atoms with Gasteiger partial charge in [0.2, 0.25) is 0 Å². The molecular formula is C21H34O3. The van der Waals surface area contributed by atoms with Crippen LogP contribution >= 0.6 is 0 Å². The second kappa shape index (κ2) is 8.04. The van der Waals surface area contributed by atoms with Crippen molar-refractivity contribution in [2.24, 2.45) is 10.8 Å². The molecule has 0 aliphatic heterocycles. The van der Waals surface area contributed by atoms with Crippen LogP contribution in [0, 0.1) is 17.8 Å². The number of rotatable bonds is 6. The summed E-state index contributed by atoms with van der Waals surface area (Å²) in [7, 11) is 0. The summed E-state index contributed by atoms with van der Waals surface area (Å²) in [6.45, 7) is 17.3. The summed E-state index contributed by atoms with van der Waals surface area (Å²) in [6, 6.07) is 4.11. The van der Waals surface area contributed by atoms with E-state index in [0.29, 0.717) is 23.5 Å². The number of esters is 1. The van der Waals surface area contributed by atoms with E-state index in [2.05, 4.69) is 47.6 Å². The van der Waals surface area contributed by atoms with Crippen LogP contribution < -0.4 is 9.47 Å². The lowest BCUT2D eigenvalue weighted by atomic mass is 9.87. The molecule has 0 saturated carbocycles. The highest BCUT2D eigenvalue weighted by atomic mass is 16.6. The second-order valence-corrected chi connectivity index (χ2v) is 9.08. The molecule has 1 aromatic rings. The largest absolute Gasteiger partial charge is 0.490 e. The van der Waals surface area contributed by atoms with Crippen LogP contribution in [0.4, 0.5) is 0 Å². The van der Waals surface area contributed by atoms with E-state index in [4.69, 9.17) is 9.47 Å². The van der Waals surface area contributed by atoms with E-state index in [1.54, 1.807) is 0 Å². The number of benzene rings is 1. The zero-order valence-corrected chi connectivity index (χ0v) is 16.7. The third kappa shape index (κ3) is 7.85. The van der Waals surface area contributed by atoms with Crippen LogP contribution in [0.1, 0.15) is 72.4 Å². The minimum Gasteiger partial charge on any atom is -0.490 e. The SMILES string of the molecule is CC(=O)Oc1c(C)cc(CC(C)(C)C)cc1OCCCC(C)(C)C. The molecule has 0 atom stereocenters. The van der Waals surface area contributed by atoms with Gasteiger partial charge in [-0.25, -0.2) is 0 Å². The smallest absolute Gasteiger partial charge is 0.308 e.